The molecule has 0 N–H and O–H groups in total. The second kappa shape index (κ2) is 3.61. The summed E-state index contributed by atoms with van der Waals surface area (Å²) in [5.41, 5.74) is 1.69. The highest BCUT2D eigenvalue weighted by molar-refractivity contribution is 7.90. The van der Waals surface area contributed by atoms with Gasteiger partial charge in [-0.25, -0.2) is 8.42 Å². The number of hydrogen-bond donors (Lipinski definition) is 0. The average Bonchev–Trinajstić information content (AvgIpc) is 2.01. The average molecular weight is 213 g/mol. The Labute approximate surface area is 85.3 Å². The van der Waals surface area contributed by atoms with Gasteiger partial charge in [0.25, 0.3) is 0 Å². The standard InChI is InChI=1S/C10H15NO2S/c1-8-5-6-9(11(2)3)10(7-8)14(4,12)13/h5-7H,1-4H3. The summed E-state index contributed by atoms with van der Waals surface area (Å²) in [6.45, 7) is 1.88. The first-order chi connectivity index (χ1) is 6.32. The third-order valence-electron chi connectivity index (χ3n) is 2.00. The predicted molar refractivity (Wildman–Crippen MR) is 58.6 cm³/mol. The first kappa shape index (κ1) is 11.0. The van der Waals surface area contributed by atoms with Crippen LogP contribution >= 0.6 is 0 Å². The molecule has 14 heavy (non-hydrogen) atoms. The van der Waals surface area contributed by atoms with Crippen molar-refractivity contribution in [3.8, 4) is 0 Å². The molecule has 78 valence electrons. The largest absolute Gasteiger partial charge is 0.377 e. The zero-order valence-corrected chi connectivity index (χ0v) is 9.72. The Balaban J connectivity index is 3.46. The highest BCUT2D eigenvalue weighted by Gasteiger charge is 2.14. The van der Waals surface area contributed by atoms with Gasteiger partial charge >= 0.3 is 0 Å². The molecule has 0 aliphatic rings. The Morgan fingerprint density at radius 3 is 2.21 bits per heavy atom. The van der Waals surface area contributed by atoms with Crippen molar-refractivity contribution in [3.05, 3.63) is 23.8 Å². The van der Waals surface area contributed by atoms with Gasteiger partial charge in [-0.05, 0) is 24.6 Å². The maximum Gasteiger partial charge on any atom is 0.177 e. The number of rotatable bonds is 2. The zero-order chi connectivity index (χ0) is 10.9. The molecule has 0 atom stereocenters. The number of anilines is 1. The van der Waals surface area contributed by atoms with Crippen LogP contribution in [0.4, 0.5) is 5.69 Å². The lowest BCUT2D eigenvalue weighted by molar-refractivity contribution is 0.601. The summed E-state index contributed by atoms with van der Waals surface area (Å²) in [4.78, 5) is 2.19. The third-order valence-corrected chi connectivity index (χ3v) is 3.12. The first-order valence-electron chi connectivity index (χ1n) is 4.30. The van der Waals surface area contributed by atoms with Crippen LogP contribution in [0.3, 0.4) is 0 Å². The molecule has 4 heteroatoms. The normalized spacial score (nSPS) is 11.4. The van der Waals surface area contributed by atoms with Crippen molar-refractivity contribution < 1.29 is 8.42 Å². The van der Waals surface area contributed by atoms with Crippen LogP contribution in [0.5, 0.6) is 0 Å². The number of aryl methyl sites for hydroxylation is 1. The highest BCUT2D eigenvalue weighted by atomic mass is 32.2. The summed E-state index contributed by atoms with van der Waals surface area (Å²) >= 11 is 0. The fourth-order valence-corrected chi connectivity index (χ4v) is 2.32. The quantitative estimate of drug-likeness (QED) is 0.746. The molecule has 3 nitrogen and oxygen atoms in total. The Morgan fingerprint density at radius 2 is 1.79 bits per heavy atom. The zero-order valence-electron chi connectivity index (χ0n) is 8.90. The number of sulfone groups is 1. The lowest BCUT2D eigenvalue weighted by Crippen LogP contribution is -2.13. The molecule has 0 aromatic heterocycles. The van der Waals surface area contributed by atoms with Gasteiger partial charge in [0.2, 0.25) is 0 Å². The van der Waals surface area contributed by atoms with Crippen molar-refractivity contribution in [3.63, 3.8) is 0 Å². The molecular formula is C10H15NO2S. The summed E-state index contributed by atoms with van der Waals surface area (Å²) in [5, 5.41) is 0. The summed E-state index contributed by atoms with van der Waals surface area (Å²) in [7, 11) is 0.523. The van der Waals surface area contributed by atoms with E-state index in [1.54, 1.807) is 11.0 Å². The van der Waals surface area contributed by atoms with Crippen molar-refractivity contribution in [1.82, 2.24) is 0 Å². The van der Waals surface area contributed by atoms with Crippen LogP contribution in [0.1, 0.15) is 5.56 Å². The van der Waals surface area contributed by atoms with Crippen molar-refractivity contribution in [2.24, 2.45) is 0 Å². The van der Waals surface area contributed by atoms with E-state index in [0.29, 0.717) is 4.90 Å². The maximum absolute atomic E-state index is 11.5. The molecule has 1 aromatic carbocycles. The molecule has 0 heterocycles. The molecular weight excluding hydrogens is 198 g/mol. The van der Waals surface area contributed by atoms with Crippen molar-refractivity contribution in [2.45, 2.75) is 11.8 Å². The molecule has 0 spiro atoms. The van der Waals surface area contributed by atoms with E-state index < -0.39 is 9.84 Å². The summed E-state index contributed by atoms with van der Waals surface area (Å²) in [6, 6.07) is 5.43. The number of benzene rings is 1. The van der Waals surface area contributed by atoms with Crippen LogP contribution in [0.25, 0.3) is 0 Å². The molecule has 1 rings (SSSR count). The van der Waals surface area contributed by atoms with Gasteiger partial charge in [-0.1, -0.05) is 6.07 Å². The Kier molecular flexibility index (Phi) is 2.85. The molecule has 0 aliphatic heterocycles. The minimum atomic E-state index is -3.14. The Hall–Kier alpha value is -1.03. The molecule has 1 aromatic rings. The minimum absolute atomic E-state index is 0.391. The minimum Gasteiger partial charge on any atom is -0.377 e. The molecule has 0 radical (unpaired) electrons. The molecule has 0 saturated heterocycles. The summed E-state index contributed by atoms with van der Waals surface area (Å²) in [6.07, 6.45) is 1.23. The van der Waals surface area contributed by atoms with Gasteiger partial charge in [-0.2, -0.15) is 0 Å². The van der Waals surface area contributed by atoms with Gasteiger partial charge in [0, 0.05) is 20.4 Å². The summed E-state index contributed by atoms with van der Waals surface area (Å²) < 4.78 is 23.0. The van der Waals surface area contributed by atoms with E-state index in [1.807, 2.05) is 33.2 Å². The van der Waals surface area contributed by atoms with Crippen molar-refractivity contribution in [2.75, 3.05) is 25.3 Å². The van der Waals surface area contributed by atoms with E-state index in [0.717, 1.165) is 11.3 Å². The highest BCUT2D eigenvalue weighted by Crippen LogP contribution is 2.24. The molecule has 0 saturated carbocycles. The SMILES string of the molecule is Cc1ccc(N(C)C)c(S(C)(=O)=O)c1. The van der Waals surface area contributed by atoms with E-state index in [2.05, 4.69) is 0 Å². The van der Waals surface area contributed by atoms with Gasteiger partial charge in [0.15, 0.2) is 9.84 Å². The number of nitrogens with zero attached hydrogens (tertiary/aromatic N) is 1. The third kappa shape index (κ3) is 2.26. The first-order valence-corrected chi connectivity index (χ1v) is 6.19. The van der Waals surface area contributed by atoms with E-state index in [1.165, 1.54) is 6.26 Å². The van der Waals surface area contributed by atoms with E-state index in [4.69, 9.17) is 0 Å². The van der Waals surface area contributed by atoms with Gasteiger partial charge in [0.1, 0.15) is 0 Å². The lowest BCUT2D eigenvalue weighted by Gasteiger charge is -2.16. The van der Waals surface area contributed by atoms with Crippen LogP contribution in [-0.2, 0) is 9.84 Å². The van der Waals surface area contributed by atoms with Gasteiger partial charge in [0.05, 0.1) is 10.6 Å². The monoisotopic (exact) mass is 213 g/mol. The van der Waals surface area contributed by atoms with E-state index >= 15 is 0 Å². The van der Waals surface area contributed by atoms with Crippen molar-refractivity contribution in [1.29, 1.82) is 0 Å². The van der Waals surface area contributed by atoms with Crippen LogP contribution in [0.15, 0.2) is 23.1 Å². The molecule has 0 fully saturated rings. The van der Waals surface area contributed by atoms with Gasteiger partial charge in [-0.15, -0.1) is 0 Å². The fraction of sp³-hybridized carbons (Fsp3) is 0.400. The van der Waals surface area contributed by atoms with Gasteiger partial charge in [-0.3, -0.25) is 0 Å². The molecule has 0 bridgehead atoms. The van der Waals surface area contributed by atoms with Crippen LogP contribution in [0.2, 0.25) is 0 Å². The molecule has 0 unspecified atom stereocenters. The lowest BCUT2D eigenvalue weighted by atomic mass is 10.2. The topological polar surface area (TPSA) is 37.4 Å². The Bertz CT molecular complexity index is 435. The van der Waals surface area contributed by atoms with Crippen LogP contribution < -0.4 is 4.90 Å². The fourth-order valence-electron chi connectivity index (χ4n) is 1.29. The van der Waals surface area contributed by atoms with Crippen LogP contribution in [0, 0.1) is 6.92 Å². The van der Waals surface area contributed by atoms with Crippen LogP contribution in [-0.4, -0.2) is 28.8 Å². The second-order valence-corrected chi connectivity index (χ2v) is 5.62. The van der Waals surface area contributed by atoms with E-state index in [-0.39, 0.29) is 0 Å². The van der Waals surface area contributed by atoms with Gasteiger partial charge < -0.3 is 4.90 Å². The number of hydrogen-bond acceptors (Lipinski definition) is 3. The molecule has 0 amide bonds. The maximum atomic E-state index is 11.5. The summed E-state index contributed by atoms with van der Waals surface area (Å²) in [5.74, 6) is 0. The Morgan fingerprint density at radius 1 is 1.21 bits per heavy atom. The smallest absolute Gasteiger partial charge is 0.177 e. The second-order valence-electron chi connectivity index (χ2n) is 3.64. The van der Waals surface area contributed by atoms with E-state index in [9.17, 15) is 8.42 Å². The van der Waals surface area contributed by atoms with Crippen molar-refractivity contribution >= 4 is 15.5 Å². The predicted octanol–water partition coefficient (Wildman–Crippen LogP) is 1.46. The molecule has 0 aliphatic carbocycles.